The molecule has 63 heavy (non-hydrogen) atoms. The van der Waals surface area contributed by atoms with Crippen LogP contribution in [0.5, 0.6) is 0 Å². The fourth-order valence-corrected chi connectivity index (χ4v) is 7.34. The van der Waals surface area contributed by atoms with Gasteiger partial charge in [-0.1, -0.05) is 78.9 Å². The van der Waals surface area contributed by atoms with E-state index in [1.54, 1.807) is 30.3 Å². The highest BCUT2D eigenvalue weighted by Crippen LogP contribution is 2.27. The molecule has 2 heterocycles. The summed E-state index contributed by atoms with van der Waals surface area (Å²) in [7, 11) is -9.69. The van der Waals surface area contributed by atoms with Crippen molar-refractivity contribution in [1.29, 1.82) is 0 Å². The van der Waals surface area contributed by atoms with Crippen molar-refractivity contribution in [1.82, 2.24) is 35.2 Å². The fourth-order valence-electron chi connectivity index (χ4n) is 5.90. The minimum atomic E-state index is -4.88. The van der Waals surface area contributed by atoms with E-state index in [-0.39, 0.29) is 54.2 Å². The third kappa shape index (κ3) is 13.5. The van der Waals surface area contributed by atoms with Crippen LogP contribution in [-0.4, -0.2) is 94.1 Å². The Hall–Kier alpha value is -6.98. The lowest BCUT2D eigenvalue weighted by atomic mass is 10.1. The van der Waals surface area contributed by atoms with Gasteiger partial charge in [-0.3, -0.25) is 13.9 Å². The second-order valence-electron chi connectivity index (χ2n) is 13.7. The quantitative estimate of drug-likeness (QED) is 0.0294. The number of benzene rings is 4. The molecule has 22 heteroatoms. The summed E-state index contributed by atoms with van der Waals surface area (Å²) in [6.45, 7) is 2.02. The van der Waals surface area contributed by atoms with E-state index >= 15 is 0 Å². The van der Waals surface area contributed by atoms with E-state index in [2.05, 4.69) is 56.5 Å². The van der Waals surface area contributed by atoms with Crippen LogP contribution in [0.4, 0.5) is 39.6 Å². The van der Waals surface area contributed by atoms with Crippen LogP contribution >= 0.6 is 0 Å². The topological polar surface area (TPSA) is 289 Å². The van der Waals surface area contributed by atoms with Gasteiger partial charge in [-0.05, 0) is 59.5 Å². The molecule has 1 amide bonds. The van der Waals surface area contributed by atoms with Crippen LogP contribution in [-0.2, 0) is 37.9 Å². The zero-order valence-corrected chi connectivity index (χ0v) is 35.2. The number of carbonyl (C=O) groups is 1. The minimum Gasteiger partial charge on any atom is -0.353 e. The molecule has 0 radical (unpaired) electrons. The zero-order valence-electron chi connectivity index (χ0n) is 33.6. The van der Waals surface area contributed by atoms with Gasteiger partial charge >= 0.3 is 0 Å². The molecule has 0 saturated heterocycles. The number of aromatic nitrogens is 6. The summed E-state index contributed by atoms with van der Waals surface area (Å²) in [5.74, 6) is 0.403. The van der Waals surface area contributed by atoms with Crippen molar-refractivity contribution in [2.24, 2.45) is 5.73 Å². The average molecular weight is 899 g/mol. The number of nitrogens with zero attached hydrogens (tertiary/aromatic N) is 6. The molecule has 1 atom stereocenters. The third-order valence-corrected chi connectivity index (χ3v) is 10.6. The number of alkyl halides is 1. The average Bonchev–Trinajstić information content (AvgIpc) is 3.24. The normalized spacial score (nSPS) is 12.1. The standard InChI is InChI=1S/C41H43FN12O7S2/c1-26(42)37(55)44-20-21-46-39-52-40(47-31-10-6-3-7-11-31)54-41(53-39)48-32-17-16-30(34(25-32)63(59,60)61)15-14-29-13-12-28(22-33(29)62(56,57)58)24-36-49-35(23-27-8-4-2-5-9-27)50-38(51-36)45-19-18-43/h2-17,22,25-26H,18-21,23-24,43H2,1H3,(H,44,55)(H,56,57,58)(H,59,60,61)(H,45,49,50,51)(H3,46,47,48,52,53,54)/b15-14+. The van der Waals surface area contributed by atoms with Gasteiger partial charge in [0.2, 0.25) is 23.8 Å². The number of nitrogens with two attached hydrogens (primary N) is 1. The lowest BCUT2D eigenvalue weighted by Crippen LogP contribution is -2.34. The van der Waals surface area contributed by atoms with Gasteiger partial charge in [0.25, 0.3) is 26.1 Å². The van der Waals surface area contributed by atoms with Crippen LogP contribution in [0, 0.1) is 0 Å². The zero-order chi connectivity index (χ0) is 45.0. The van der Waals surface area contributed by atoms with Crippen molar-refractivity contribution in [2.45, 2.75) is 35.7 Å². The number of para-hydroxylation sites is 1. The maximum atomic E-state index is 13.3. The van der Waals surface area contributed by atoms with Gasteiger partial charge < -0.3 is 32.3 Å². The molecule has 0 saturated carbocycles. The Balaban J connectivity index is 1.25. The van der Waals surface area contributed by atoms with E-state index in [9.17, 15) is 35.1 Å². The first-order valence-electron chi connectivity index (χ1n) is 19.3. The molecule has 6 aromatic rings. The largest absolute Gasteiger partial charge is 0.353 e. The molecule has 0 aliphatic carbocycles. The highest BCUT2D eigenvalue weighted by atomic mass is 32.2. The number of hydrogen-bond acceptors (Lipinski definition) is 16. The lowest BCUT2D eigenvalue weighted by Gasteiger charge is -2.13. The molecular formula is C41H43FN12O7S2. The molecule has 0 fully saturated rings. The van der Waals surface area contributed by atoms with Crippen LogP contribution in [0.15, 0.2) is 107 Å². The first-order chi connectivity index (χ1) is 30.1. The Morgan fingerprint density at radius 2 is 1.16 bits per heavy atom. The van der Waals surface area contributed by atoms with Gasteiger partial charge in [-0.2, -0.15) is 41.8 Å². The van der Waals surface area contributed by atoms with Gasteiger partial charge in [0.15, 0.2) is 6.17 Å². The van der Waals surface area contributed by atoms with Crippen molar-refractivity contribution < 1.29 is 35.1 Å². The van der Waals surface area contributed by atoms with Gasteiger partial charge in [0.1, 0.15) is 21.4 Å². The maximum Gasteiger partial charge on any atom is 0.295 e. The van der Waals surface area contributed by atoms with E-state index in [4.69, 9.17) is 5.73 Å². The molecule has 19 nitrogen and oxygen atoms in total. The number of halogens is 1. The number of nitrogens with one attached hydrogen (secondary N) is 5. The Bertz CT molecular complexity index is 2810. The highest BCUT2D eigenvalue weighted by Gasteiger charge is 2.19. The molecule has 0 aliphatic heterocycles. The first-order valence-corrected chi connectivity index (χ1v) is 22.1. The molecule has 1 unspecified atom stereocenters. The van der Waals surface area contributed by atoms with Crippen molar-refractivity contribution in [3.05, 3.63) is 131 Å². The smallest absolute Gasteiger partial charge is 0.295 e. The summed E-state index contributed by atoms with van der Waals surface area (Å²) in [5.41, 5.74) is 7.82. The number of carbonyl (C=O) groups excluding carboxylic acids is 1. The van der Waals surface area contributed by atoms with Gasteiger partial charge in [0, 0.05) is 50.4 Å². The number of amides is 1. The van der Waals surface area contributed by atoms with Crippen molar-refractivity contribution >= 4 is 73.5 Å². The highest BCUT2D eigenvalue weighted by molar-refractivity contribution is 7.86. The van der Waals surface area contributed by atoms with Crippen molar-refractivity contribution in [2.75, 3.05) is 47.4 Å². The van der Waals surface area contributed by atoms with Crippen LogP contribution in [0.1, 0.15) is 40.8 Å². The Morgan fingerprint density at radius 1 is 0.635 bits per heavy atom. The van der Waals surface area contributed by atoms with Crippen LogP contribution in [0.3, 0.4) is 0 Å². The van der Waals surface area contributed by atoms with E-state index in [0.717, 1.165) is 18.6 Å². The summed E-state index contributed by atoms with van der Waals surface area (Å²) in [6.07, 6.45) is 1.33. The van der Waals surface area contributed by atoms with Crippen molar-refractivity contribution in [3.8, 4) is 0 Å². The summed E-state index contributed by atoms with van der Waals surface area (Å²) < 4.78 is 84.5. The third-order valence-electron chi connectivity index (χ3n) is 8.80. The van der Waals surface area contributed by atoms with Gasteiger partial charge in [0.05, 0.1) is 0 Å². The molecule has 9 N–H and O–H groups in total. The predicted molar refractivity (Wildman–Crippen MR) is 236 cm³/mol. The summed E-state index contributed by atoms with van der Waals surface area (Å²) in [5, 5.41) is 14.3. The van der Waals surface area contributed by atoms with Crippen LogP contribution < -0.4 is 32.3 Å². The monoisotopic (exact) mass is 898 g/mol. The second kappa shape index (κ2) is 20.7. The number of rotatable bonds is 20. The number of anilines is 6. The molecule has 0 bridgehead atoms. The molecule has 0 aliphatic rings. The molecule has 328 valence electrons. The van der Waals surface area contributed by atoms with Crippen LogP contribution in [0.25, 0.3) is 12.2 Å². The van der Waals surface area contributed by atoms with E-state index in [1.165, 1.54) is 36.4 Å². The molecule has 0 spiro atoms. The summed E-state index contributed by atoms with van der Waals surface area (Å²) in [6, 6.07) is 26.8. The summed E-state index contributed by atoms with van der Waals surface area (Å²) >= 11 is 0. The Morgan fingerprint density at radius 3 is 1.76 bits per heavy atom. The molecule has 2 aromatic heterocycles. The van der Waals surface area contributed by atoms with Crippen LogP contribution in [0.2, 0.25) is 0 Å². The fraction of sp³-hybridized carbons (Fsp3) is 0.195. The van der Waals surface area contributed by atoms with Gasteiger partial charge in [-0.15, -0.1) is 0 Å². The first kappa shape index (κ1) is 45.5. The Kier molecular flexibility index (Phi) is 15.0. The van der Waals surface area contributed by atoms with E-state index in [0.29, 0.717) is 48.4 Å². The molecule has 4 aromatic carbocycles. The second-order valence-corrected chi connectivity index (χ2v) is 16.5. The maximum absolute atomic E-state index is 13.3. The number of hydrogen-bond donors (Lipinski definition) is 8. The minimum absolute atomic E-state index is 0.0119. The SMILES string of the molecule is CC(F)C(=O)NCCNc1nc(Nc2ccccc2)nc(Nc2ccc(/C=C/c3ccc(Cc4nc(Cc5ccccc5)nc(NCCN)n4)cc3S(=O)(=O)O)c(S(=O)(=O)O)c2)n1. The Labute approximate surface area is 362 Å². The molecular weight excluding hydrogens is 856 g/mol. The molecule has 6 rings (SSSR count). The predicted octanol–water partition coefficient (Wildman–Crippen LogP) is 4.65. The lowest BCUT2D eigenvalue weighted by molar-refractivity contribution is -0.125. The summed E-state index contributed by atoms with van der Waals surface area (Å²) in [4.78, 5) is 37.2. The van der Waals surface area contributed by atoms with Gasteiger partial charge in [-0.25, -0.2) is 9.37 Å². The van der Waals surface area contributed by atoms with Crippen molar-refractivity contribution in [3.63, 3.8) is 0 Å². The van der Waals surface area contributed by atoms with E-state index in [1.807, 2.05) is 36.4 Å². The van der Waals surface area contributed by atoms with E-state index < -0.39 is 42.1 Å².